The first-order chi connectivity index (χ1) is 6.37. The molecule has 14 heavy (non-hydrogen) atoms. The average Bonchev–Trinajstić information content (AvgIpc) is 2.30. The minimum absolute atomic E-state index is 0.281. The molecular formula is C11H21NO2. The highest BCUT2D eigenvalue weighted by molar-refractivity contribution is 5.68. The summed E-state index contributed by atoms with van der Waals surface area (Å²) in [6.45, 7) is 7.86. The Kier molecular flexibility index (Phi) is 3.40. The van der Waals surface area contributed by atoms with Crippen molar-refractivity contribution in [1.82, 2.24) is 5.32 Å². The van der Waals surface area contributed by atoms with E-state index >= 15 is 0 Å². The number of rotatable bonds is 1. The summed E-state index contributed by atoms with van der Waals surface area (Å²) in [7, 11) is 0. The van der Waals surface area contributed by atoms with Gasteiger partial charge in [0.2, 0.25) is 0 Å². The zero-order valence-corrected chi connectivity index (χ0v) is 9.59. The third-order valence-electron chi connectivity index (χ3n) is 2.42. The quantitative estimate of drug-likeness (QED) is 0.705. The van der Waals surface area contributed by atoms with Crippen molar-refractivity contribution in [2.45, 2.75) is 58.6 Å². The van der Waals surface area contributed by atoms with Gasteiger partial charge in [-0.05, 0) is 46.0 Å². The summed E-state index contributed by atoms with van der Waals surface area (Å²) in [4.78, 5) is 11.4. The van der Waals surface area contributed by atoms with E-state index < -0.39 is 5.60 Å². The molecule has 0 bridgehead atoms. The Morgan fingerprint density at radius 3 is 2.43 bits per heavy atom. The van der Waals surface area contributed by atoms with E-state index in [1.54, 1.807) is 0 Å². The van der Waals surface area contributed by atoms with Gasteiger partial charge >= 0.3 is 6.09 Å². The molecule has 1 N–H and O–H groups in total. The largest absolute Gasteiger partial charge is 0.444 e. The summed E-state index contributed by atoms with van der Waals surface area (Å²) in [5.41, 5.74) is -0.395. The molecule has 3 heteroatoms. The van der Waals surface area contributed by atoms with Crippen LogP contribution in [0.4, 0.5) is 4.79 Å². The first-order valence-electron chi connectivity index (χ1n) is 5.36. The van der Waals surface area contributed by atoms with Gasteiger partial charge in [-0.25, -0.2) is 4.79 Å². The van der Waals surface area contributed by atoms with E-state index in [9.17, 15) is 4.79 Å². The number of amides is 1. The van der Waals surface area contributed by atoms with Crippen LogP contribution in [-0.4, -0.2) is 17.7 Å². The molecule has 1 amide bonds. The molecule has 3 nitrogen and oxygen atoms in total. The van der Waals surface area contributed by atoms with Crippen molar-refractivity contribution in [3.8, 4) is 0 Å². The average molecular weight is 199 g/mol. The first kappa shape index (κ1) is 11.3. The maximum Gasteiger partial charge on any atom is 0.407 e. The molecule has 0 aromatic heterocycles. The maximum atomic E-state index is 11.4. The number of hydrogen-bond donors (Lipinski definition) is 1. The number of carbonyl (C=O) groups is 1. The Hall–Kier alpha value is -0.730. The molecule has 0 aliphatic heterocycles. The van der Waals surface area contributed by atoms with Gasteiger partial charge in [0, 0.05) is 6.04 Å². The topological polar surface area (TPSA) is 38.3 Å². The number of hydrogen-bond acceptors (Lipinski definition) is 2. The second-order valence-corrected chi connectivity index (χ2v) is 5.26. The Bertz CT molecular complexity index is 208. The Labute approximate surface area is 86.2 Å². The SMILES string of the molecule is C[C@H]1CC[C@@H](NC(=O)OC(C)(C)C)C1. The molecular weight excluding hydrogens is 178 g/mol. The molecule has 1 rings (SSSR count). The Balaban J connectivity index is 2.27. The van der Waals surface area contributed by atoms with Crippen LogP contribution in [0.25, 0.3) is 0 Å². The molecule has 0 saturated heterocycles. The van der Waals surface area contributed by atoms with Crippen LogP contribution in [0.15, 0.2) is 0 Å². The second-order valence-electron chi connectivity index (χ2n) is 5.26. The monoisotopic (exact) mass is 199 g/mol. The lowest BCUT2D eigenvalue weighted by Gasteiger charge is -2.21. The van der Waals surface area contributed by atoms with E-state index in [4.69, 9.17) is 4.74 Å². The molecule has 0 spiro atoms. The molecule has 1 fully saturated rings. The fourth-order valence-corrected chi connectivity index (χ4v) is 1.81. The zero-order valence-electron chi connectivity index (χ0n) is 9.59. The van der Waals surface area contributed by atoms with Crippen LogP contribution in [0.3, 0.4) is 0 Å². The lowest BCUT2D eigenvalue weighted by Crippen LogP contribution is -2.37. The van der Waals surface area contributed by atoms with Crippen molar-refractivity contribution < 1.29 is 9.53 Å². The van der Waals surface area contributed by atoms with Gasteiger partial charge in [0.05, 0.1) is 0 Å². The Morgan fingerprint density at radius 1 is 1.36 bits per heavy atom. The fourth-order valence-electron chi connectivity index (χ4n) is 1.81. The van der Waals surface area contributed by atoms with Gasteiger partial charge < -0.3 is 10.1 Å². The number of nitrogens with one attached hydrogen (secondary N) is 1. The molecule has 0 aromatic rings. The summed E-state index contributed by atoms with van der Waals surface area (Å²) in [5, 5.41) is 2.90. The molecule has 1 aliphatic carbocycles. The smallest absolute Gasteiger partial charge is 0.407 e. The van der Waals surface area contributed by atoms with Gasteiger partial charge in [-0.1, -0.05) is 6.92 Å². The molecule has 1 aliphatic rings. The van der Waals surface area contributed by atoms with Crippen molar-refractivity contribution >= 4 is 6.09 Å². The first-order valence-corrected chi connectivity index (χ1v) is 5.36. The summed E-state index contributed by atoms with van der Waals surface area (Å²) in [5.74, 6) is 0.731. The minimum Gasteiger partial charge on any atom is -0.444 e. The lowest BCUT2D eigenvalue weighted by molar-refractivity contribution is 0.0505. The standard InChI is InChI=1S/C11H21NO2/c1-8-5-6-9(7-8)12-10(13)14-11(2,3)4/h8-9H,5-7H2,1-4H3,(H,12,13)/t8-,9+/m0/s1. The summed E-state index contributed by atoms with van der Waals surface area (Å²) in [6, 6.07) is 0.319. The number of carbonyl (C=O) groups excluding carboxylic acids is 1. The van der Waals surface area contributed by atoms with Crippen LogP contribution in [0.1, 0.15) is 47.0 Å². The van der Waals surface area contributed by atoms with Crippen LogP contribution >= 0.6 is 0 Å². The highest BCUT2D eigenvalue weighted by Gasteiger charge is 2.24. The molecule has 82 valence electrons. The molecule has 0 heterocycles. The number of ether oxygens (including phenoxy) is 1. The number of alkyl carbamates (subject to hydrolysis) is 1. The fraction of sp³-hybridized carbons (Fsp3) is 0.909. The molecule has 1 saturated carbocycles. The van der Waals surface area contributed by atoms with Gasteiger partial charge in [-0.3, -0.25) is 0 Å². The normalized spacial score (nSPS) is 27.4. The van der Waals surface area contributed by atoms with Crippen LogP contribution in [-0.2, 0) is 4.74 Å². The van der Waals surface area contributed by atoms with Gasteiger partial charge in [0.1, 0.15) is 5.60 Å². The third-order valence-corrected chi connectivity index (χ3v) is 2.42. The summed E-state index contributed by atoms with van der Waals surface area (Å²) >= 11 is 0. The lowest BCUT2D eigenvalue weighted by atomic mass is 10.1. The zero-order chi connectivity index (χ0) is 10.8. The Morgan fingerprint density at radius 2 is 2.00 bits per heavy atom. The van der Waals surface area contributed by atoms with Crippen molar-refractivity contribution in [1.29, 1.82) is 0 Å². The summed E-state index contributed by atoms with van der Waals surface area (Å²) < 4.78 is 5.18. The predicted octanol–water partition coefficient (Wildman–Crippen LogP) is 2.70. The van der Waals surface area contributed by atoms with Crippen molar-refractivity contribution in [2.75, 3.05) is 0 Å². The minimum atomic E-state index is -0.395. The van der Waals surface area contributed by atoms with Crippen LogP contribution in [0.2, 0.25) is 0 Å². The third kappa shape index (κ3) is 3.99. The molecule has 0 radical (unpaired) electrons. The van der Waals surface area contributed by atoms with Gasteiger partial charge in [0.15, 0.2) is 0 Å². The van der Waals surface area contributed by atoms with E-state index in [-0.39, 0.29) is 6.09 Å². The molecule has 0 aromatic carbocycles. The second kappa shape index (κ2) is 4.20. The highest BCUT2D eigenvalue weighted by Crippen LogP contribution is 2.24. The predicted molar refractivity (Wildman–Crippen MR) is 56.2 cm³/mol. The van der Waals surface area contributed by atoms with Crippen LogP contribution < -0.4 is 5.32 Å². The van der Waals surface area contributed by atoms with Crippen molar-refractivity contribution in [2.24, 2.45) is 5.92 Å². The molecule has 2 atom stereocenters. The maximum absolute atomic E-state index is 11.4. The van der Waals surface area contributed by atoms with E-state index in [0.29, 0.717) is 6.04 Å². The van der Waals surface area contributed by atoms with Crippen molar-refractivity contribution in [3.05, 3.63) is 0 Å². The highest BCUT2D eigenvalue weighted by atomic mass is 16.6. The summed E-state index contributed by atoms with van der Waals surface area (Å²) in [6.07, 6.45) is 3.09. The van der Waals surface area contributed by atoms with Crippen LogP contribution in [0.5, 0.6) is 0 Å². The van der Waals surface area contributed by atoms with Gasteiger partial charge in [-0.15, -0.1) is 0 Å². The molecule has 0 unspecified atom stereocenters. The van der Waals surface area contributed by atoms with E-state index in [1.165, 1.54) is 6.42 Å². The van der Waals surface area contributed by atoms with E-state index in [0.717, 1.165) is 18.8 Å². The van der Waals surface area contributed by atoms with Crippen LogP contribution in [0, 0.1) is 5.92 Å². The van der Waals surface area contributed by atoms with Gasteiger partial charge in [0.25, 0.3) is 0 Å². The van der Waals surface area contributed by atoms with E-state index in [2.05, 4.69) is 12.2 Å². The van der Waals surface area contributed by atoms with Gasteiger partial charge in [-0.2, -0.15) is 0 Å². The van der Waals surface area contributed by atoms with E-state index in [1.807, 2.05) is 20.8 Å². The van der Waals surface area contributed by atoms with Crippen molar-refractivity contribution in [3.63, 3.8) is 0 Å².